The lowest BCUT2D eigenvalue weighted by Gasteiger charge is -2.26. The SMILES string of the molecule is Cc1cc2n(n1)C[C@@H](CN[C@@H]1CCS(=O)(=O)C1)CN2. The minimum atomic E-state index is -2.79. The van der Waals surface area contributed by atoms with Crippen LogP contribution in [0.1, 0.15) is 12.1 Å². The second-order valence-corrected chi connectivity index (χ2v) is 7.84. The second kappa shape index (κ2) is 4.79. The van der Waals surface area contributed by atoms with Gasteiger partial charge < -0.3 is 10.6 Å². The number of aromatic nitrogens is 2. The molecule has 1 aromatic rings. The highest BCUT2D eigenvalue weighted by Crippen LogP contribution is 2.18. The second-order valence-electron chi connectivity index (χ2n) is 5.61. The zero-order valence-electron chi connectivity index (χ0n) is 11.1. The van der Waals surface area contributed by atoms with Gasteiger partial charge in [-0.15, -0.1) is 0 Å². The van der Waals surface area contributed by atoms with E-state index in [0.717, 1.165) is 37.6 Å². The van der Waals surface area contributed by atoms with E-state index >= 15 is 0 Å². The van der Waals surface area contributed by atoms with Gasteiger partial charge in [-0.3, -0.25) is 0 Å². The van der Waals surface area contributed by atoms with E-state index in [1.807, 2.05) is 17.7 Å². The van der Waals surface area contributed by atoms with Gasteiger partial charge in [-0.1, -0.05) is 0 Å². The van der Waals surface area contributed by atoms with Crippen molar-refractivity contribution < 1.29 is 8.42 Å². The van der Waals surface area contributed by atoms with Crippen LogP contribution < -0.4 is 10.6 Å². The van der Waals surface area contributed by atoms with E-state index in [2.05, 4.69) is 15.7 Å². The monoisotopic (exact) mass is 284 g/mol. The quantitative estimate of drug-likeness (QED) is 0.818. The molecule has 2 N–H and O–H groups in total. The molecule has 1 aromatic heterocycles. The van der Waals surface area contributed by atoms with Gasteiger partial charge >= 0.3 is 0 Å². The van der Waals surface area contributed by atoms with Crippen LogP contribution in [0.15, 0.2) is 6.07 Å². The molecule has 2 atom stereocenters. The van der Waals surface area contributed by atoms with Gasteiger partial charge in [-0.25, -0.2) is 13.1 Å². The molecule has 7 heteroatoms. The molecule has 2 aliphatic heterocycles. The number of hydrogen-bond donors (Lipinski definition) is 2. The van der Waals surface area contributed by atoms with E-state index < -0.39 is 9.84 Å². The Labute approximate surface area is 113 Å². The summed E-state index contributed by atoms with van der Waals surface area (Å²) in [5, 5.41) is 11.2. The molecule has 0 saturated carbocycles. The van der Waals surface area contributed by atoms with E-state index in [9.17, 15) is 8.42 Å². The third kappa shape index (κ3) is 2.92. The number of nitrogens with zero attached hydrogens (tertiary/aromatic N) is 2. The van der Waals surface area contributed by atoms with Crippen LogP contribution in [0.5, 0.6) is 0 Å². The Bertz CT molecular complexity index is 566. The van der Waals surface area contributed by atoms with Gasteiger partial charge in [-0.05, 0) is 13.3 Å². The van der Waals surface area contributed by atoms with Gasteiger partial charge in [-0.2, -0.15) is 5.10 Å². The van der Waals surface area contributed by atoms with Crippen molar-refractivity contribution in [2.75, 3.05) is 29.9 Å². The average Bonchev–Trinajstić information content (AvgIpc) is 2.87. The molecule has 3 heterocycles. The van der Waals surface area contributed by atoms with Crippen molar-refractivity contribution >= 4 is 15.7 Å². The van der Waals surface area contributed by atoms with Crippen molar-refractivity contribution in [3.63, 3.8) is 0 Å². The topological polar surface area (TPSA) is 76.0 Å². The largest absolute Gasteiger partial charge is 0.370 e. The summed E-state index contributed by atoms with van der Waals surface area (Å²) in [4.78, 5) is 0. The van der Waals surface area contributed by atoms with Crippen LogP contribution in [-0.2, 0) is 16.4 Å². The Balaban J connectivity index is 1.53. The van der Waals surface area contributed by atoms with Gasteiger partial charge in [0.25, 0.3) is 0 Å². The fraction of sp³-hybridized carbons (Fsp3) is 0.750. The van der Waals surface area contributed by atoms with Crippen molar-refractivity contribution in [2.24, 2.45) is 5.92 Å². The van der Waals surface area contributed by atoms with Crippen LogP contribution in [0.4, 0.5) is 5.82 Å². The van der Waals surface area contributed by atoms with Gasteiger partial charge in [0.15, 0.2) is 9.84 Å². The van der Waals surface area contributed by atoms with Crippen molar-refractivity contribution in [1.82, 2.24) is 15.1 Å². The van der Waals surface area contributed by atoms with Gasteiger partial charge in [0.2, 0.25) is 0 Å². The summed E-state index contributed by atoms with van der Waals surface area (Å²) in [6.45, 7) is 4.63. The average molecular weight is 284 g/mol. The fourth-order valence-electron chi connectivity index (χ4n) is 2.81. The Kier molecular flexibility index (Phi) is 3.26. The van der Waals surface area contributed by atoms with Crippen molar-refractivity contribution in [2.45, 2.75) is 25.9 Å². The molecule has 0 aliphatic carbocycles. The molecule has 6 nitrogen and oxygen atoms in total. The Morgan fingerprint density at radius 1 is 1.58 bits per heavy atom. The molecule has 0 bridgehead atoms. The standard InChI is InChI=1S/C12H20N4O2S/c1-9-4-12-14-6-10(7-16(12)15-9)5-13-11-2-3-19(17,18)8-11/h4,10-11,13-14H,2-3,5-8H2,1H3/t10-,11+/m0/s1. The Morgan fingerprint density at radius 3 is 3.16 bits per heavy atom. The zero-order valence-corrected chi connectivity index (χ0v) is 11.9. The molecule has 106 valence electrons. The molecule has 2 aliphatic rings. The molecule has 1 saturated heterocycles. The lowest BCUT2D eigenvalue weighted by atomic mass is 10.1. The lowest BCUT2D eigenvalue weighted by Crippen LogP contribution is -2.40. The van der Waals surface area contributed by atoms with Gasteiger partial charge in [0.1, 0.15) is 5.82 Å². The van der Waals surface area contributed by atoms with E-state index in [4.69, 9.17) is 0 Å². The Morgan fingerprint density at radius 2 is 2.42 bits per heavy atom. The molecule has 0 unspecified atom stereocenters. The van der Waals surface area contributed by atoms with Crippen molar-refractivity contribution in [1.29, 1.82) is 0 Å². The van der Waals surface area contributed by atoms with Crippen molar-refractivity contribution in [3.05, 3.63) is 11.8 Å². The molecule has 3 rings (SSSR count). The maximum atomic E-state index is 11.4. The van der Waals surface area contributed by atoms with Crippen molar-refractivity contribution in [3.8, 4) is 0 Å². The van der Waals surface area contributed by atoms with E-state index in [1.54, 1.807) is 0 Å². The number of sulfone groups is 1. The maximum absolute atomic E-state index is 11.4. The summed E-state index contributed by atoms with van der Waals surface area (Å²) >= 11 is 0. The number of nitrogens with one attached hydrogen (secondary N) is 2. The van der Waals surface area contributed by atoms with Gasteiger partial charge in [0.05, 0.1) is 17.2 Å². The van der Waals surface area contributed by atoms with E-state index in [-0.39, 0.29) is 6.04 Å². The third-order valence-corrected chi connectivity index (χ3v) is 5.60. The highest BCUT2D eigenvalue weighted by molar-refractivity contribution is 7.91. The van der Waals surface area contributed by atoms with Crippen LogP contribution >= 0.6 is 0 Å². The molecule has 0 aromatic carbocycles. The van der Waals surface area contributed by atoms with Crippen LogP contribution in [0.2, 0.25) is 0 Å². The number of fused-ring (bicyclic) bond motifs is 1. The normalized spacial score (nSPS) is 28.9. The number of rotatable bonds is 3. The minimum absolute atomic E-state index is 0.130. The lowest BCUT2D eigenvalue weighted by molar-refractivity contribution is 0.375. The first-order valence-corrected chi connectivity index (χ1v) is 8.56. The molecule has 19 heavy (non-hydrogen) atoms. The zero-order chi connectivity index (χ0) is 13.5. The summed E-state index contributed by atoms with van der Waals surface area (Å²) in [6, 6.07) is 2.18. The van der Waals surface area contributed by atoms with Gasteiger partial charge in [0, 0.05) is 37.7 Å². The molecule has 0 spiro atoms. The van der Waals surface area contributed by atoms with Crippen LogP contribution in [0, 0.1) is 12.8 Å². The predicted molar refractivity (Wildman–Crippen MR) is 74.0 cm³/mol. The third-order valence-electron chi connectivity index (χ3n) is 3.83. The molecular weight excluding hydrogens is 264 g/mol. The Hall–Kier alpha value is -1.08. The van der Waals surface area contributed by atoms with Crippen LogP contribution in [-0.4, -0.2) is 48.8 Å². The van der Waals surface area contributed by atoms with E-state index in [0.29, 0.717) is 17.4 Å². The smallest absolute Gasteiger partial charge is 0.151 e. The molecule has 0 radical (unpaired) electrons. The number of hydrogen-bond acceptors (Lipinski definition) is 5. The number of aryl methyl sites for hydroxylation is 1. The summed E-state index contributed by atoms with van der Waals surface area (Å²) in [5.41, 5.74) is 1.03. The first-order valence-electron chi connectivity index (χ1n) is 6.74. The number of anilines is 1. The molecule has 1 fully saturated rings. The van der Waals surface area contributed by atoms with Crippen LogP contribution in [0.25, 0.3) is 0 Å². The highest BCUT2D eigenvalue weighted by atomic mass is 32.2. The first kappa shape index (κ1) is 12.9. The molecular formula is C12H20N4O2S. The molecule has 0 amide bonds. The first-order chi connectivity index (χ1) is 9.02. The summed E-state index contributed by atoms with van der Waals surface area (Å²) in [5.74, 6) is 2.15. The minimum Gasteiger partial charge on any atom is -0.370 e. The highest BCUT2D eigenvalue weighted by Gasteiger charge is 2.28. The van der Waals surface area contributed by atoms with Crippen LogP contribution in [0.3, 0.4) is 0 Å². The summed E-state index contributed by atoms with van der Waals surface area (Å²) in [6.07, 6.45) is 0.745. The summed E-state index contributed by atoms with van der Waals surface area (Å²) in [7, 11) is -2.79. The maximum Gasteiger partial charge on any atom is 0.151 e. The fourth-order valence-corrected chi connectivity index (χ4v) is 4.52. The van der Waals surface area contributed by atoms with E-state index in [1.165, 1.54) is 0 Å². The summed E-state index contributed by atoms with van der Waals surface area (Å²) < 4.78 is 24.8. The predicted octanol–water partition coefficient (Wildman–Crippen LogP) is 0.00992.